The van der Waals surface area contributed by atoms with Gasteiger partial charge in [0.2, 0.25) is 0 Å². The van der Waals surface area contributed by atoms with E-state index in [1.807, 2.05) is 24.4 Å². The van der Waals surface area contributed by atoms with Crippen LogP contribution in [-0.2, 0) is 4.74 Å². The van der Waals surface area contributed by atoms with Gasteiger partial charge < -0.3 is 24.8 Å². The van der Waals surface area contributed by atoms with Crippen molar-refractivity contribution in [2.45, 2.75) is 38.4 Å². The second-order valence-electron chi connectivity index (χ2n) is 11.0. The number of pyridine rings is 1. The molecular weight excluding hydrogens is 526 g/mol. The predicted molar refractivity (Wildman–Crippen MR) is 165 cm³/mol. The molecule has 0 bridgehead atoms. The number of rotatable bonds is 4. The summed E-state index contributed by atoms with van der Waals surface area (Å²) in [6, 6.07) is 18.7. The van der Waals surface area contributed by atoms with Gasteiger partial charge in [0.25, 0.3) is 0 Å². The zero-order valence-electron chi connectivity index (χ0n) is 22.8. The Bertz CT molecular complexity index is 1420. The van der Waals surface area contributed by atoms with Gasteiger partial charge in [-0.25, -0.2) is 0 Å². The molecule has 4 heterocycles. The van der Waals surface area contributed by atoms with E-state index in [2.05, 4.69) is 90.3 Å². The van der Waals surface area contributed by atoms with Crippen LogP contribution in [0.15, 0.2) is 66.9 Å². The molecule has 0 spiro atoms. The zero-order chi connectivity index (χ0) is 27.3. The average molecular weight is 560 g/mol. The molecule has 6 rings (SSSR count). The molecule has 0 aliphatic carbocycles. The Labute approximate surface area is 241 Å². The van der Waals surface area contributed by atoms with E-state index < -0.39 is 0 Å². The van der Waals surface area contributed by atoms with Crippen LogP contribution in [0, 0.1) is 0 Å². The first-order chi connectivity index (χ1) is 18.7. The number of hydrogen-bond acceptors (Lipinski definition) is 5. The third-order valence-corrected chi connectivity index (χ3v) is 8.90. The topological polar surface area (TPSA) is 43.9 Å². The minimum Gasteiger partial charge on any atom is -0.378 e. The lowest BCUT2D eigenvalue weighted by Crippen LogP contribution is -2.42. The molecule has 3 aliphatic heterocycles. The zero-order valence-corrected chi connectivity index (χ0v) is 24.4. The van der Waals surface area contributed by atoms with Crippen molar-refractivity contribution in [1.29, 1.82) is 0 Å². The summed E-state index contributed by atoms with van der Waals surface area (Å²) in [5.41, 5.74) is 7.64. The summed E-state index contributed by atoms with van der Waals surface area (Å²) in [7, 11) is 2.13. The van der Waals surface area contributed by atoms with Crippen LogP contribution >= 0.6 is 23.8 Å². The smallest absolute Gasteiger partial charge is 0.174 e. The normalized spacial score (nSPS) is 22.4. The maximum absolute atomic E-state index is 7.14. The number of halogens is 1. The highest BCUT2D eigenvalue weighted by molar-refractivity contribution is 7.80. The molecule has 3 aliphatic rings. The van der Waals surface area contributed by atoms with Crippen LogP contribution in [0.1, 0.15) is 49.7 Å². The average Bonchev–Trinajstić information content (AvgIpc) is 3.29. The molecule has 3 aromatic rings. The second kappa shape index (κ2) is 10.1. The number of morpholine rings is 1. The fourth-order valence-electron chi connectivity index (χ4n) is 6.01. The summed E-state index contributed by atoms with van der Waals surface area (Å²) in [5.74, 6) is 0. The number of aromatic nitrogens is 1. The third kappa shape index (κ3) is 4.66. The van der Waals surface area contributed by atoms with Gasteiger partial charge >= 0.3 is 0 Å². The van der Waals surface area contributed by atoms with Crippen molar-refractivity contribution in [1.82, 2.24) is 10.3 Å². The first-order valence-electron chi connectivity index (χ1n) is 13.4. The quantitative estimate of drug-likeness (QED) is 0.372. The van der Waals surface area contributed by atoms with Crippen molar-refractivity contribution >= 4 is 51.6 Å². The molecule has 0 saturated carbocycles. The number of anilines is 3. The van der Waals surface area contributed by atoms with Crippen molar-refractivity contribution < 1.29 is 4.74 Å². The van der Waals surface area contributed by atoms with Crippen molar-refractivity contribution in [2.24, 2.45) is 0 Å². The fraction of sp³-hybridized carbons (Fsp3) is 0.355. The van der Waals surface area contributed by atoms with E-state index in [9.17, 15) is 0 Å². The Kier molecular flexibility index (Phi) is 6.78. The Morgan fingerprint density at radius 2 is 1.77 bits per heavy atom. The Morgan fingerprint density at radius 3 is 2.46 bits per heavy atom. The highest BCUT2D eigenvalue weighted by Crippen LogP contribution is 2.48. The van der Waals surface area contributed by atoms with E-state index in [4.69, 9.17) is 33.5 Å². The number of nitrogens with one attached hydrogen (secondary N) is 1. The van der Waals surface area contributed by atoms with Crippen molar-refractivity contribution in [3.63, 3.8) is 0 Å². The van der Waals surface area contributed by atoms with Crippen molar-refractivity contribution in [3.8, 4) is 0 Å². The number of fused-ring (bicyclic) bond motifs is 1. The number of hydrogen-bond donors (Lipinski definition) is 1. The number of nitrogens with zero attached hydrogens (tertiary/aromatic N) is 4. The highest BCUT2D eigenvalue weighted by Gasteiger charge is 2.42. The van der Waals surface area contributed by atoms with E-state index in [1.165, 1.54) is 16.8 Å². The van der Waals surface area contributed by atoms with Gasteiger partial charge in [0.1, 0.15) is 0 Å². The summed E-state index contributed by atoms with van der Waals surface area (Å²) >= 11 is 13.1. The fourth-order valence-corrected chi connectivity index (χ4v) is 6.62. The second-order valence-corrected chi connectivity index (χ2v) is 11.8. The number of benzene rings is 2. The van der Waals surface area contributed by atoms with Gasteiger partial charge in [-0.15, -0.1) is 0 Å². The minimum atomic E-state index is -0.174. The number of thiocarbonyl (C=S) groups is 1. The molecule has 0 unspecified atom stereocenters. The molecule has 0 amide bonds. The summed E-state index contributed by atoms with van der Waals surface area (Å²) in [6.07, 6.45) is 4.15. The first kappa shape index (κ1) is 26.1. The molecule has 6 nitrogen and oxygen atoms in total. The van der Waals surface area contributed by atoms with Crippen LogP contribution in [0.2, 0.25) is 5.02 Å². The molecular formula is C31H34ClN5OS. The van der Waals surface area contributed by atoms with Crippen molar-refractivity contribution in [2.75, 3.05) is 48.1 Å². The van der Waals surface area contributed by atoms with E-state index >= 15 is 0 Å². The van der Waals surface area contributed by atoms with Gasteiger partial charge in [-0.05, 0) is 92.7 Å². The van der Waals surface area contributed by atoms with Crippen molar-refractivity contribution in [3.05, 3.63) is 88.7 Å². The van der Waals surface area contributed by atoms with Crippen LogP contribution in [0.5, 0.6) is 0 Å². The van der Waals surface area contributed by atoms with Gasteiger partial charge in [0, 0.05) is 54.0 Å². The van der Waals surface area contributed by atoms with Crippen LogP contribution < -0.4 is 20.0 Å². The van der Waals surface area contributed by atoms with Crippen LogP contribution in [0.3, 0.4) is 0 Å². The van der Waals surface area contributed by atoms with Crippen LogP contribution in [0.25, 0.3) is 5.57 Å². The highest BCUT2D eigenvalue weighted by atomic mass is 35.5. The standard InChI is InChI=1S/C31H34ClN5OS/c1-20-19-31(2,3)35(4)27-18-25(32)24(17-23(20)27)29-28(26-7-5-6-12-33-26)34-30(39)37(29)22-10-8-21(9-11-22)36-13-15-38-16-14-36/h5-12,17-19,28-29H,13-16H2,1-4H3,(H,34,39)/t28-,29-/m0/s1. The lowest BCUT2D eigenvalue weighted by atomic mass is 9.86. The van der Waals surface area contributed by atoms with E-state index in [0.717, 1.165) is 54.0 Å². The summed E-state index contributed by atoms with van der Waals surface area (Å²) in [5, 5.41) is 4.95. The summed E-state index contributed by atoms with van der Waals surface area (Å²) < 4.78 is 5.53. The van der Waals surface area contributed by atoms with Gasteiger partial charge in [0.15, 0.2) is 5.11 Å². The summed E-state index contributed by atoms with van der Waals surface area (Å²) in [4.78, 5) is 11.6. The molecule has 2 fully saturated rings. The number of ether oxygens (including phenoxy) is 1. The summed E-state index contributed by atoms with van der Waals surface area (Å²) in [6.45, 7) is 9.94. The Hall–Kier alpha value is -3.13. The molecule has 2 aromatic carbocycles. The molecule has 0 radical (unpaired) electrons. The largest absolute Gasteiger partial charge is 0.378 e. The van der Waals surface area contributed by atoms with E-state index in [0.29, 0.717) is 5.11 Å². The first-order valence-corrected chi connectivity index (χ1v) is 14.2. The monoisotopic (exact) mass is 559 g/mol. The Balaban J connectivity index is 1.45. The maximum atomic E-state index is 7.14. The lowest BCUT2D eigenvalue weighted by molar-refractivity contribution is 0.122. The van der Waals surface area contributed by atoms with E-state index in [-0.39, 0.29) is 17.6 Å². The molecule has 2 saturated heterocycles. The predicted octanol–water partition coefficient (Wildman–Crippen LogP) is 6.38. The van der Waals surface area contributed by atoms with Gasteiger partial charge in [-0.1, -0.05) is 23.7 Å². The van der Waals surface area contributed by atoms with Gasteiger partial charge in [-0.3, -0.25) is 4.98 Å². The molecule has 39 heavy (non-hydrogen) atoms. The molecule has 8 heteroatoms. The number of allylic oxidation sites excluding steroid dienone is 1. The molecule has 202 valence electrons. The van der Waals surface area contributed by atoms with E-state index in [1.54, 1.807) is 0 Å². The lowest BCUT2D eigenvalue weighted by Gasteiger charge is -2.41. The van der Waals surface area contributed by atoms with Crippen LogP contribution in [0.4, 0.5) is 17.1 Å². The third-order valence-electron chi connectivity index (χ3n) is 8.26. The SMILES string of the molecule is CC1=CC(C)(C)N(C)c2cc(Cl)c([C@H]3[C@H](c4ccccn4)NC(=S)N3c3ccc(N4CCOCC4)cc3)cc21. The van der Waals surface area contributed by atoms with Gasteiger partial charge in [0.05, 0.1) is 36.5 Å². The van der Waals surface area contributed by atoms with Gasteiger partial charge in [-0.2, -0.15) is 0 Å². The van der Waals surface area contributed by atoms with Crippen LogP contribution in [-0.4, -0.2) is 49.0 Å². The number of likely N-dealkylation sites (N-methyl/N-ethyl adjacent to an activating group) is 1. The molecule has 1 aromatic heterocycles. The Morgan fingerprint density at radius 1 is 1.05 bits per heavy atom. The minimum absolute atomic E-state index is 0.0941. The molecule has 1 N–H and O–H groups in total. The maximum Gasteiger partial charge on any atom is 0.174 e. The molecule has 2 atom stereocenters.